The van der Waals surface area contributed by atoms with Gasteiger partial charge >= 0.3 is 5.92 Å². The molecule has 0 amide bonds. The fraction of sp³-hybridized carbons (Fsp3) is 0.100. The van der Waals surface area contributed by atoms with Gasteiger partial charge in [0.25, 0.3) is 11.9 Å². The fourth-order valence-electron chi connectivity index (χ4n) is 1.45. The Kier molecular flexibility index (Phi) is 2.72. The number of hydrogen-bond donors (Lipinski definition) is 0. The lowest BCUT2D eigenvalue weighted by molar-refractivity contribution is -0.219. The molecule has 0 saturated heterocycles. The molecule has 0 saturated carbocycles. The number of nitrogens with zero attached hydrogens (tertiary/aromatic N) is 2. The van der Waals surface area contributed by atoms with E-state index >= 15 is 0 Å². The number of halogens is 5. The molecule has 1 aliphatic rings. The Morgan fingerprint density at radius 1 is 1.00 bits per heavy atom. The first-order valence-corrected chi connectivity index (χ1v) is 4.66. The lowest BCUT2D eigenvalue weighted by Crippen LogP contribution is -2.51. The molecule has 0 N–H and O–H groups in total. The lowest BCUT2D eigenvalue weighted by atomic mass is 10.1. The molecule has 18 heavy (non-hydrogen) atoms. The Bertz CT molecular complexity index is 500. The van der Waals surface area contributed by atoms with Crippen molar-refractivity contribution in [3.63, 3.8) is 0 Å². The maximum Gasteiger partial charge on any atom is 0.381 e. The maximum absolute atomic E-state index is 13.9. The van der Waals surface area contributed by atoms with Crippen LogP contribution in [0.25, 0.3) is 0 Å². The number of benzene rings is 1. The topological polar surface area (TPSA) is 23.6 Å². The molecule has 1 aromatic carbocycles. The second-order valence-electron chi connectivity index (χ2n) is 3.43. The maximum atomic E-state index is 13.9. The van der Waals surface area contributed by atoms with Gasteiger partial charge in [0.15, 0.2) is 0 Å². The van der Waals surface area contributed by atoms with Gasteiger partial charge in [-0.15, -0.1) is 10.2 Å². The summed E-state index contributed by atoms with van der Waals surface area (Å²) in [7, 11) is 0. The lowest BCUT2D eigenvalue weighted by Gasteiger charge is -2.25. The zero-order valence-corrected chi connectivity index (χ0v) is 8.58. The summed E-state index contributed by atoms with van der Waals surface area (Å²) in [5.41, 5.74) is -0.437. The van der Waals surface area contributed by atoms with Crippen molar-refractivity contribution in [2.45, 2.75) is 5.92 Å². The molecule has 2 rings (SSSR count). The summed E-state index contributed by atoms with van der Waals surface area (Å²) in [6.45, 7) is 0. The number of carbonyl (C=O) groups excluding carboxylic acids is 1. The molecule has 0 aromatic heterocycles. The summed E-state index contributed by atoms with van der Waals surface area (Å²) in [4.78, 5) is 11.6. The van der Waals surface area contributed by atoms with E-state index in [9.17, 15) is 26.9 Å². The second-order valence-corrected chi connectivity index (χ2v) is 3.43. The van der Waals surface area contributed by atoms with E-state index in [0.717, 1.165) is 12.1 Å². The van der Waals surface area contributed by atoms with E-state index in [0.29, 0.717) is 0 Å². The fourth-order valence-corrected chi connectivity index (χ4v) is 1.45. The minimum absolute atomic E-state index is 0.437. The van der Waals surface area contributed by atoms with Crippen LogP contribution in [-0.2, 0) is 0 Å². The predicted octanol–water partition coefficient (Wildman–Crippen LogP) is 2.94. The molecule has 96 valence electrons. The molecule has 1 heterocycles. The summed E-state index contributed by atoms with van der Waals surface area (Å²) in [6, 6.07) is 6.18. The summed E-state index contributed by atoms with van der Waals surface area (Å²) in [5, 5.41) is -3.06. The highest BCUT2D eigenvalue weighted by Crippen LogP contribution is 2.42. The van der Waals surface area contributed by atoms with Crippen LogP contribution in [0, 0.1) is 0 Å². The Morgan fingerprint density at radius 2 is 1.44 bits per heavy atom. The van der Waals surface area contributed by atoms with Gasteiger partial charge in [-0.25, -0.2) is 0 Å². The van der Waals surface area contributed by atoms with Crippen LogP contribution in [-0.4, -0.2) is 21.9 Å². The van der Waals surface area contributed by atoms with Crippen LogP contribution in [0.3, 0.4) is 0 Å². The van der Waals surface area contributed by atoms with Gasteiger partial charge in [-0.3, -0.25) is 4.79 Å². The van der Waals surface area contributed by atoms with E-state index in [2.05, 4.69) is 0 Å². The molecule has 3 nitrogen and oxygen atoms in total. The highest BCUT2D eigenvalue weighted by Gasteiger charge is 2.62. The number of Topliss-reactive ketones (excluding diaryl/α,β-unsaturated/α-hetero) is 1. The van der Waals surface area contributed by atoms with Gasteiger partial charge in [0.05, 0.1) is 0 Å². The van der Waals surface area contributed by atoms with Crippen molar-refractivity contribution in [1.82, 2.24) is 10.2 Å². The Labute approximate surface area is 97.6 Å². The van der Waals surface area contributed by atoms with Gasteiger partial charge in [-0.1, -0.05) is 39.3 Å². The van der Waals surface area contributed by atoms with Gasteiger partial charge in [0.1, 0.15) is 0 Å². The van der Waals surface area contributed by atoms with Crippen LogP contribution in [0.4, 0.5) is 22.1 Å². The molecule has 0 aliphatic carbocycles. The number of alkyl halides is 1. The van der Waals surface area contributed by atoms with Crippen LogP contribution in [0.1, 0.15) is 10.4 Å². The van der Waals surface area contributed by atoms with E-state index in [-0.39, 0.29) is 0 Å². The van der Waals surface area contributed by atoms with Crippen molar-refractivity contribution in [2.75, 3.05) is 0 Å². The predicted molar refractivity (Wildman–Crippen MR) is 49.7 cm³/mol. The van der Waals surface area contributed by atoms with Crippen molar-refractivity contribution in [3.05, 3.63) is 47.8 Å². The van der Waals surface area contributed by atoms with Gasteiger partial charge in [0, 0.05) is 5.56 Å². The molecule has 1 aromatic rings. The molecule has 0 fully saturated rings. The molecular formula is C10H5F5N2O. The number of carbonyl (C=O) groups is 1. The van der Waals surface area contributed by atoms with E-state index in [4.69, 9.17) is 0 Å². The SMILES string of the molecule is O=C(c1ccccc1)C1(F)N(F)C(F)=C(F)N1F. The third-order valence-corrected chi connectivity index (χ3v) is 2.36. The highest BCUT2D eigenvalue weighted by molar-refractivity contribution is 6.02. The Morgan fingerprint density at radius 3 is 1.89 bits per heavy atom. The Balaban J connectivity index is 2.43. The average Bonchev–Trinajstić information content (AvgIpc) is 2.55. The number of ketones is 1. The van der Waals surface area contributed by atoms with Crippen molar-refractivity contribution >= 4 is 5.78 Å². The van der Waals surface area contributed by atoms with Crippen LogP contribution in [0.2, 0.25) is 0 Å². The van der Waals surface area contributed by atoms with Crippen molar-refractivity contribution in [1.29, 1.82) is 0 Å². The summed E-state index contributed by atoms with van der Waals surface area (Å²) < 4.78 is 65.5. The molecule has 1 aliphatic heterocycles. The minimum atomic E-state index is -4.21. The molecule has 0 bridgehead atoms. The van der Waals surface area contributed by atoms with E-state index in [1.165, 1.54) is 18.2 Å². The van der Waals surface area contributed by atoms with Crippen LogP contribution < -0.4 is 0 Å². The van der Waals surface area contributed by atoms with Crippen LogP contribution >= 0.6 is 0 Å². The van der Waals surface area contributed by atoms with Crippen molar-refractivity contribution in [3.8, 4) is 0 Å². The third kappa shape index (κ3) is 1.45. The zero-order valence-electron chi connectivity index (χ0n) is 8.58. The first kappa shape index (κ1) is 12.3. The zero-order chi connectivity index (χ0) is 13.5. The van der Waals surface area contributed by atoms with E-state index in [1.54, 1.807) is 0 Å². The van der Waals surface area contributed by atoms with Crippen molar-refractivity contribution in [2.24, 2.45) is 0 Å². The molecule has 0 spiro atoms. The van der Waals surface area contributed by atoms with Gasteiger partial charge in [-0.05, 0) is 0 Å². The average molecular weight is 264 g/mol. The normalized spacial score (nSPS) is 18.5. The summed E-state index contributed by atoms with van der Waals surface area (Å²) in [6.07, 6.45) is 0. The minimum Gasteiger partial charge on any atom is -0.286 e. The van der Waals surface area contributed by atoms with E-state index < -0.39 is 39.4 Å². The first-order valence-electron chi connectivity index (χ1n) is 4.66. The highest BCUT2D eigenvalue weighted by atomic mass is 19.2. The quantitative estimate of drug-likeness (QED) is 0.355. The van der Waals surface area contributed by atoms with Gasteiger partial charge in [-0.2, -0.15) is 13.2 Å². The van der Waals surface area contributed by atoms with Crippen molar-refractivity contribution < 1.29 is 26.9 Å². The molecule has 0 unspecified atom stereocenters. The first-order chi connectivity index (χ1) is 8.40. The molecule has 8 heteroatoms. The largest absolute Gasteiger partial charge is 0.381 e. The summed E-state index contributed by atoms with van der Waals surface area (Å²) >= 11 is 0. The third-order valence-electron chi connectivity index (χ3n) is 2.36. The van der Waals surface area contributed by atoms with Crippen LogP contribution in [0.5, 0.6) is 0 Å². The van der Waals surface area contributed by atoms with E-state index in [1.807, 2.05) is 0 Å². The molecule has 0 atom stereocenters. The standard InChI is InChI=1S/C10H5F5N2O/c11-8-9(12)17(15)10(13,16(8)14)7(18)6-4-2-1-3-5-6/h1-5H. The second kappa shape index (κ2) is 3.97. The smallest absolute Gasteiger partial charge is 0.286 e. The Hall–Kier alpha value is -2.12. The monoisotopic (exact) mass is 264 g/mol. The van der Waals surface area contributed by atoms with Gasteiger partial charge < -0.3 is 0 Å². The summed E-state index contributed by atoms with van der Waals surface area (Å²) in [5.74, 6) is -10.9. The molecule has 0 radical (unpaired) electrons. The number of hydrogen-bond acceptors (Lipinski definition) is 3. The molecular weight excluding hydrogens is 259 g/mol. The van der Waals surface area contributed by atoms with Crippen LogP contribution in [0.15, 0.2) is 42.2 Å². The number of rotatable bonds is 2. The van der Waals surface area contributed by atoms with Gasteiger partial charge in [0.2, 0.25) is 5.78 Å².